The van der Waals surface area contributed by atoms with Gasteiger partial charge in [0.15, 0.2) is 0 Å². The molecule has 0 amide bonds. The van der Waals surface area contributed by atoms with Gasteiger partial charge in [-0.25, -0.2) is 4.84 Å². The molecule has 0 heterocycles. The lowest BCUT2D eigenvalue weighted by Gasteiger charge is -2.16. The van der Waals surface area contributed by atoms with Crippen molar-refractivity contribution < 1.29 is 9.48 Å². The summed E-state index contributed by atoms with van der Waals surface area (Å²) in [6.07, 6.45) is 1.21. The van der Waals surface area contributed by atoms with Crippen LogP contribution in [0.3, 0.4) is 0 Å². The highest BCUT2D eigenvalue weighted by atomic mass is 16.7. The second-order valence-corrected chi connectivity index (χ2v) is 1.75. The third-order valence-electron chi connectivity index (χ3n) is 0.781. The Morgan fingerprint density at radius 1 is 1.57 bits per heavy atom. The van der Waals surface area contributed by atoms with E-state index in [1.165, 1.54) is 6.34 Å². The van der Waals surface area contributed by atoms with Gasteiger partial charge >= 0.3 is 0 Å². The lowest BCUT2D eigenvalue weighted by Crippen LogP contribution is -2.35. The number of rotatable bonds is 2. The van der Waals surface area contributed by atoms with Gasteiger partial charge < -0.3 is 0 Å². The van der Waals surface area contributed by atoms with Gasteiger partial charge in [-0.05, 0) is 0 Å². The van der Waals surface area contributed by atoms with E-state index < -0.39 is 0 Å². The molecule has 0 aliphatic heterocycles. The molecule has 7 heavy (non-hydrogen) atoms. The van der Waals surface area contributed by atoms with Crippen LogP contribution < -0.4 is 0 Å². The second-order valence-electron chi connectivity index (χ2n) is 1.75. The maximum atomic E-state index is 6.73. The smallest absolute Gasteiger partial charge is 0.215 e. The lowest BCUT2D eigenvalue weighted by molar-refractivity contribution is -0.995. The molecule has 42 valence electrons. The van der Waals surface area contributed by atoms with E-state index in [2.05, 4.69) is 0 Å². The molecular formula is C4H11N2O+. The molecule has 0 rings (SSSR count). The minimum Gasteiger partial charge on any atom is -0.255 e. The zero-order valence-corrected chi connectivity index (χ0v) is 4.93. The van der Waals surface area contributed by atoms with Gasteiger partial charge in [0.2, 0.25) is 6.34 Å². The Labute approximate surface area is 43.6 Å². The molecule has 0 spiro atoms. The minimum absolute atomic E-state index is 0.181. The van der Waals surface area contributed by atoms with Crippen molar-refractivity contribution in [3.8, 4) is 0 Å². The number of hydroxylamine groups is 3. The van der Waals surface area contributed by atoms with Crippen molar-refractivity contribution in [2.24, 2.45) is 0 Å². The highest BCUT2D eigenvalue weighted by molar-refractivity contribution is 5.39. The molecule has 3 nitrogen and oxygen atoms in total. The van der Waals surface area contributed by atoms with Gasteiger partial charge in [-0.3, -0.25) is 5.41 Å². The first-order chi connectivity index (χ1) is 3.12. The first-order valence-electron chi connectivity index (χ1n) is 2.03. The number of hydrogen-bond donors (Lipinski definition) is 1. The zero-order chi connectivity index (χ0) is 5.91. The van der Waals surface area contributed by atoms with E-state index in [1.807, 2.05) is 0 Å². The van der Waals surface area contributed by atoms with Crippen molar-refractivity contribution in [1.82, 2.24) is 0 Å². The summed E-state index contributed by atoms with van der Waals surface area (Å²) in [5.74, 6) is 0. The molecule has 0 aromatic rings. The third-order valence-corrected chi connectivity index (χ3v) is 0.781. The zero-order valence-electron chi connectivity index (χ0n) is 4.93. The Morgan fingerprint density at radius 3 is 2.00 bits per heavy atom. The monoisotopic (exact) mass is 103 g/mol. The standard InChI is InChI=1S/C4H11N2O/c1-6(2,4-5)7-3/h4-5H,1-3H3/q+1. The van der Waals surface area contributed by atoms with E-state index in [9.17, 15) is 0 Å². The molecule has 1 N–H and O–H groups in total. The van der Waals surface area contributed by atoms with Crippen LogP contribution in [0.1, 0.15) is 0 Å². The van der Waals surface area contributed by atoms with Crippen LogP contribution in [0.15, 0.2) is 0 Å². The third kappa shape index (κ3) is 2.31. The highest BCUT2D eigenvalue weighted by Crippen LogP contribution is 1.86. The summed E-state index contributed by atoms with van der Waals surface area (Å²) in [4.78, 5) is 4.78. The van der Waals surface area contributed by atoms with E-state index in [4.69, 9.17) is 10.2 Å². The van der Waals surface area contributed by atoms with Crippen LogP contribution in [0.2, 0.25) is 0 Å². The van der Waals surface area contributed by atoms with Crippen LogP contribution in [-0.4, -0.2) is 32.2 Å². The summed E-state index contributed by atoms with van der Waals surface area (Å²) in [6, 6.07) is 0. The normalized spacial score (nSPS) is 11.3. The molecule has 0 atom stereocenters. The van der Waals surface area contributed by atoms with Crippen LogP contribution in [0.4, 0.5) is 0 Å². The Bertz CT molecular complexity index is 70.1. The van der Waals surface area contributed by atoms with Gasteiger partial charge in [0, 0.05) is 0 Å². The van der Waals surface area contributed by atoms with Gasteiger partial charge in [-0.1, -0.05) is 0 Å². The average Bonchev–Trinajstić information content (AvgIpc) is 1.68. The van der Waals surface area contributed by atoms with Crippen LogP contribution in [0.5, 0.6) is 0 Å². The van der Waals surface area contributed by atoms with Crippen molar-refractivity contribution in [2.75, 3.05) is 21.2 Å². The van der Waals surface area contributed by atoms with Crippen LogP contribution >= 0.6 is 0 Å². The van der Waals surface area contributed by atoms with Crippen LogP contribution in [0, 0.1) is 5.41 Å². The summed E-state index contributed by atoms with van der Waals surface area (Å²) in [7, 11) is 5.10. The quantitative estimate of drug-likeness (QED) is 0.231. The molecule has 3 heteroatoms. The Hall–Kier alpha value is -0.410. The number of nitrogens with zero attached hydrogens (tertiary/aromatic N) is 1. The molecule has 0 unspecified atom stereocenters. The van der Waals surface area contributed by atoms with Crippen LogP contribution in [-0.2, 0) is 4.84 Å². The molecule has 0 bridgehead atoms. The van der Waals surface area contributed by atoms with Gasteiger partial charge in [0.25, 0.3) is 0 Å². The second kappa shape index (κ2) is 2.04. The van der Waals surface area contributed by atoms with E-state index in [-0.39, 0.29) is 4.65 Å². The largest absolute Gasteiger partial charge is 0.255 e. The first-order valence-corrected chi connectivity index (χ1v) is 2.03. The van der Waals surface area contributed by atoms with Crippen molar-refractivity contribution in [2.45, 2.75) is 0 Å². The number of nitrogens with one attached hydrogen (secondary N) is 1. The SMILES string of the molecule is CO[N+](C)(C)C=N. The first kappa shape index (κ1) is 6.59. The fraction of sp³-hybridized carbons (Fsp3) is 0.750. The number of quaternary nitrogens is 1. The predicted octanol–water partition coefficient (Wildman–Crippen LogP) is 0.231. The van der Waals surface area contributed by atoms with E-state index in [1.54, 1.807) is 21.2 Å². The highest BCUT2D eigenvalue weighted by Gasteiger charge is 2.06. The van der Waals surface area contributed by atoms with Crippen molar-refractivity contribution in [3.05, 3.63) is 0 Å². The van der Waals surface area contributed by atoms with Crippen molar-refractivity contribution >= 4 is 6.34 Å². The molecule has 0 radical (unpaired) electrons. The summed E-state index contributed by atoms with van der Waals surface area (Å²) >= 11 is 0. The van der Waals surface area contributed by atoms with Crippen molar-refractivity contribution in [3.63, 3.8) is 0 Å². The Kier molecular flexibility index (Phi) is 1.92. The van der Waals surface area contributed by atoms with E-state index >= 15 is 0 Å². The van der Waals surface area contributed by atoms with E-state index in [0.717, 1.165) is 0 Å². The van der Waals surface area contributed by atoms with Gasteiger partial charge in [0.1, 0.15) is 14.1 Å². The fourth-order valence-corrected chi connectivity index (χ4v) is 0.0527. The maximum absolute atomic E-state index is 6.73. The summed E-state index contributed by atoms with van der Waals surface area (Å²) < 4.78 is 0.181. The topological polar surface area (TPSA) is 33.1 Å². The van der Waals surface area contributed by atoms with Crippen LogP contribution in [0.25, 0.3) is 0 Å². The molecule has 0 aromatic heterocycles. The van der Waals surface area contributed by atoms with Gasteiger partial charge in [-0.2, -0.15) is 0 Å². The molecular weight excluding hydrogens is 92.1 g/mol. The number of hydrogen-bond acceptors (Lipinski definition) is 2. The summed E-state index contributed by atoms with van der Waals surface area (Å²) in [6.45, 7) is 0. The van der Waals surface area contributed by atoms with E-state index in [0.29, 0.717) is 0 Å². The minimum atomic E-state index is 0.181. The van der Waals surface area contributed by atoms with Gasteiger partial charge in [0.05, 0.1) is 7.11 Å². The predicted molar refractivity (Wildman–Crippen MR) is 27.9 cm³/mol. The van der Waals surface area contributed by atoms with Crippen molar-refractivity contribution in [1.29, 1.82) is 5.41 Å². The molecule has 0 fully saturated rings. The maximum Gasteiger partial charge on any atom is 0.215 e. The van der Waals surface area contributed by atoms with Gasteiger partial charge in [-0.15, -0.1) is 4.65 Å². The molecule has 0 aliphatic rings. The average molecular weight is 103 g/mol. The summed E-state index contributed by atoms with van der Waals surface area (Å²) in [5, 5.41) is 6.73. The fourth-order valence-electron chi connectivity index (χ4n) is 0.0527. The Balaban J connectivity index is 3.58. The lowest BCUT2D eigenvalue weighted by atomic mass is 10.9. The molecule has 0 saturated carbocycles. The Morgan fingerprint density at radius 2 is 2.00 bits per heavy atom. The molecule has 0 aliphatic carbocycles. The molecule has 0 aromatic carbocycles. The molecule has 0 saturated heterocycles. The summed E-state index contributed by atoms with van der Waals surface area (Å²) in [5.41, 5.74) is 0.